The minimum atomic E-state index is -0.00997. The molecule has 0 spiro atoms. The third-order valence-electron chi connectivity index (χ3n) is 2.98. The number of nitrogens with zero attached hydrogens (tertiary/aromatic N) is 1. The van der Waals surface area contributed by atoms with Gasteiger partial charge in [-0.2, -0.15) is 0 Å². The highest BCUT2D eigenvalue weighted by molar-refractivity contribution is 8.01. The number of fused-ring (bicyclic) bond motifs is 1. The van der Waals surface area contributed by atoms with Crippen LogP contribution in [0.1, 0.15) is 5.56 Å². The summed E-state index contributed by atoms with van der Waals surface area (Å²) in [6.45, 7) is 0.486. The summed E-state index contributed by atoms with van der Waals surface area (Å²) in [6, 6.07) is 15.5. The van der Waals surface area contributed by atoms with Gasteiger partial charge in [0.15, 0.2) is 4.34 Å². The number of hydrogen-bond donors (Lipinski definition) is 1. The average molecular weight is 349 g/mol. The molecule has 3 aromatic rings. The van der Waals surface area contributed by atoms with Crippen LogP contribution in [0.15, 0.2) is 52.9 Å². The molecule has 1 N–H and O–H groups in total. The summed E-state index contributed by atoms with van der Waals surface area (Å²) in [4.78, 5) is 16.4. The van der Waals surface area contributed by atoms with Crippen LogP contribution < -0.4 is 5.32 Å². The molecule has 22 heavy (non-hydrogen) atoms. The fraction of sp³-hybridized carbons (Fsp3) is 0.125. The highest BCUT2D eigenvalue weighted by Gasteiger charge is 2.07. The molecule has 3 rings (SSSR count). The third-order valence-corrected chi connectivity index (χ3v) is 5.39. The Hall–Kier alpha value is -1.56. The number of thiazole rings is 1. The summed E-state index contributed by atoms with van der Waals surface area (Å²) in [7, 11) is 0. The smallest absolute Gasteiger partial charge is 0.230 e. The van der Waals surface area contributed by atoms with E-state index >= 15 is 0 Å². The molecule has 0 radical (unpaired) electrons. The molecular formula is C16H13ClN2OS2. The van der Waals surface area contributed by atoms with Gasteiger partial charge in [-0.05, 0) is 29.8 Å². The first-order valence-electron chi connectivity index (χ1n) is 6.70. The molecule has 1 aromatic heterocycles. The first kappa shape index (κ1) is 15.3. The van der Waals surface area contributed by atoms with Gasteiger partial charge in [-0.25, -0.2) is 4.98 Å². The molecule has 0 bridgehead atoms. The summed E-state index contributed by atoms with van der Waals surface area (Å²) in [5.41, 5.74) is 1.97. The standard InChI is InChI=1S/C16H13ClN2OS2/c17-12-5-3-4-11(8-12)9-18-15(20)10-21-16-19-13-6-1-2-7-14(13)22-16/h1-8H,9-10H2,(H,18,20). The molecule has 1 heterocycles. The Morgan fingerprint density at radius 3 is 2.91 bits per heavy atom. The van der Waals surface area contributed by atoms with Crippen LogP contribution in [-0.2, 0) is 11.3 Å². The minimum absolute atomic E-state index is 0.00997. The Morgan fingerprint density at radius 1 is 1.23 bits per heavy atom. The zero-order valence-corrected chi connectivity index (χ0v) is 14.0. The molecule has 6 heteroatoms. The van der Waals surface area contributed by atoms with Crippen molar-refractivity contribution in [2.24, 2.45) is 0 Å². The van der Waals surface area contributed by atoms with Crippen LogP contribution in [0.3, 0.4) is 0 Å². The van der Waals surface area contributed by atoms with Crippen molar-refractivity contribution in [3.8, 4) is 0 Å². The second kappa shape index (κ2) is 7.13. The van der Waals surface area contributed by atoms with Crippen molar-refractivity contribution < 1.29 is 4.79 Å². The van der Waals surface area contributed by atoms with Gasteiger partial charge in [0.1, 0.15) is 0 Å². The molecule has 112 valence electrons. The van der Waals surface area contributed by atoms with Crippen molar-refractivity contribution >= 4 is 50.8 Å². The molecule has 0 aliphatic heterocycles. The number of halogens is 1. The molecule has 0 aliphatic rings. The van der Waals surface area contributed by atoms with Gasteiger partial charge in [-0.3, -0.25) is 4.79 Å². The van der Waals surface area contributed by atoms with E-state index in [1.807, 2.05) is 48.5 Å². The zero-order valence-electron chi connectivity index (χ0n) is 11.6. The zero-order chi connectivity index (χ0) is 15.4. The SMILES string of the molecule is O=C(CSc1nc2ccccc2s1)NCc1cccc(Cl)c1. The number of hydrogen-bond acceptors (Lipinski definition) is 4. The number of benzene rings is 2. The van der Waals surface area contributed by atoms with Crippen LogP contribution in [0.25, 0.3) is 10.2 Å². The van der Waals surface area contributed by atoms with Crippen molar-refractivity contribution in [1.29, 1.82) is 0 Å². The second-order valence-corrected chi connectivity index (χ2v) is 7.33. The van der Waals surface area contributed by atoms with E-state index in [0.717, 1.165) is 20.1 Å². The van der Waals surface area contributed by atoms with Crippen LogP contribution in [0.2, 0.25) is 5.02 Å². The van der Waals surface area contributed by atoms with E-state index in [0.29, 0.717) is 17.3 Å². The maximum absolute atomic E-state index is 11.9. The number of aromatic nitrogens is 1. The van der Waals surface area contributed by atoms with E-state index in [4.69, 9.17) is 11.6 Å². The quantitative estimate of drug-likeness (QED) is 0.697. The summed E-state index contributed by atoms with van der Waals surface area (Å²) >= 11 is 8.99. The monoisotopic (exact) mass is 348 g/mol. The number of nitrogens with one attached hydrogen (secondary N) is 1. The number of para-hydroxylation sites is 1. The number of amides is 1. The molecule has 0 saturated carbocycles. The fourth-order valence-electron chi connectivity index (χ4n) is 1.94. The van der Waals surface area contributed by atoms with Gasteiger partial charge in [-0.15, -0.1) is 11.3 Å². The van der Waals surface area contributed by atoms with Gasteiger partial charge in [0.05, 0.1) is 16.0 Å². The molecule has 1 amide bonds. The lowest BCUT2D eigenvalue weighted by Gasteiger charge is -2.04. The average Bonchev–Trinajstić information content (AvgIpc) is 2.94. The molecule has 3 nitrogen and oxygen atoms in total. The molecule has 0 unspecified atom stereocenters. The van der Waals surface area contributed by atoms with Crippen molar-refractivity contribution in [2.75, 3.05) is 5.75 Å². The molecule has 2 aromatic carbocycles. The Balaban J connectivity index is 1.51. The topological polar surface area (TPSA) is 42.0 Å². The Morgan fingerprint density at radius 2 is 2.09 bits per heavy atom. The van der Waals surface area contributed by atoms with E-state index in [-0.39, 0.29) is 5.91 Å². The van der Waals surface area contributed by atoms with Crippen LogP contribution in [-0.4, -0.2) is 16.6 Å². The Labute approximate surface area is 141 Å². The largest absolute Gasteiger partial charge is 0.351 e. The van der Waals surface area contributed by atoms with Gasteiger partial charge in [0.25, 0.3) is 0 Å². The summed E-state index contributed by atoms with van der Waals surface area (Å²) in [5, 5.41) is 3.57. The molecule has 0 fully saturated rings. The molecule has 0 atom stereocenters. The molecular weight excluding hydrogens is 336 g/mol. The Bertz CT molecular complexity index is 770. The van der Waals surface area contributed by atoms with Crippen molar-refractivity contribution in [1.82, 2.24) is 10.3 Å². The van der Waals surface area contributed by atoms with Crippen molar-refractivity contribution in [3.63, 3.8) is 0 Å². The van der Waals surface area contributed by atoms with Gasteiger partial charge in [0, 0.05) is 11.6 Å². The van der Waals surface area contributed by atoms with Crippen LogP contribution in [0.5, 0.6) is 0 Å². The second-order valence-electron chi connectivity index (χ2n) is 4.64. The predicted octanol–water partition coefficient (Wildman–Crippen LogP) is 4.36. The number of carbonyl (C=O) groups is 1. The van der Waals surface area contributed by atoms with E-state index in [1.54, 1.807) is 11.3 Å². The third kappa shape index (κ3) is 4.00. The van der Waals surface area contributed by atoms with E-state index < -0.39 is 0 Å². The summed E-state index contributed by atoms with van der Waals surface area (Å²) in [6.07, 6.45) is 0. The molecule has 0 saturated heterocycles. The Kier molecular flexibility index (Phi) is 4.97. The first-order chi connectivity index (χ1) is 10.7. The van der Waals surface area contributed by atoms with E-state index in [9.17, 15) is 4.79 Å². The lowest BCUT2D eigenvalue weighted by atomic mass is 10.2. The lowest BCUT2D eigenvalue weighted by molar-refractivity contribution is -0.118. The van der Waals surface area contributed by atoms with Crippen LogP contribution in [0.4, 0.5) is 0 Å². The highest BCUT2D eigenvalue weighted by Crippen LogP contribution is 2.29. The van der Waals surface area contributed by atoms with Crippen molar-refractivity contribution in [3.05, 3.63) is 59.1 Å². The van der Waals surface area contributed by atoms with Gasteiger partial charge < -0.3 is 5.32 Å². The van der Waals surface area contributed by atoms with E-state index in [2.05, 4.69) is 10.3 Å². The number of rotatable bonds is 5. The van der Waals surface area contributed by atoms with E-state index in [1.165, 1.54) is 11.8 Å². The minimum Gasteiger partial charge on any atom is -0.351 e. The van der Waals surface area contributed by atoms with Gasteiger partial charge in [0.2, 0.25) is 5.91 Å². The van der Waals surface area contributed by atoms with Crippen LogP contribution >= 0.6 is 34.7 Å². The first-order valence-corrected chi connectivity index (χ1v) is 8.88. The lowest BCUT2D eigenvalue weighted by Crippen LogP contribution is -2.24. The maximum atomic E-state index is 11.9. The fourth-order valence-corrected chi connectivity index (χ4v) is 4.05. The predicted molar refractivity (Wildman–Crippen MR) is 93.6 cm³/mol. The summed E-state index contributed by atoms with van der Waals surface area (Å²) in [5.74, 6) is 0.352. The van der Waals surface area contributed by atoms with Crippen molar-refractivity contribution in [2.45, 2.75) is 10.9 Å². The van der Waals surface area contributed by atoms with Gasteiger partial charge >= 0.3 is 0 Å². The van der Waals surface area contributed by atoms with Gasteiger partial charge in [-0.1, -0.05) is 47.6 Å². The number of carbonyl (C=O) groups excluding carboxylic acids is 1. The van der Waals surface area contributed by atoms with Crippen LogP contribution in [0, 0.1) is 0 Å². The number of thioether (sulfide) groups is 1. The maximum Gasteiger partial charge on any atom is 0.230 e. The highest BCUT2D eigenvalue weighted by atomic mass is 35.5. The summed E-state index contributed by atoms with van der Waals surface area (Å²) < 4.78 is 2.06. The normalized spacial score (nSPS) is 10.8. The molecule has 0 aliphatic carbocycles.